The van der Waals surface area contributed by atoms with Crippen LogP contribution in [-0.2, 0) is 11.2 Å². The molecular weight excluding hydrogens is 266 g/mol. The van der Waals surface area contributed by atoms with Gasteiger partial charge in [-0.3, -0.25) is 4.79 Å². The lowest BCUT2D eigenvalue weighted by Gasteiger charge is -2.29. The predicted molar refractivity (Wildman–Crippen MR) is 73.3 cm³/mol. The van der Waals surface area contributed by atoms with E-state index in [1.165, 1.54) is 13.3 Å². The van der Waals surface area contributed by atoms with Crippen LogP contribution in [0.25, 0.3) is 0 Å². The van der Waals surface area contributed by atoms with E-state index in [0.29, 0.717) is 11.4 Å². The molecule has 0 aromatic carbocycles. The number of rotatable bonds is 4. The maximum atomic E-state index is 11.3. The van der Waals surface area contributed by atoms with Crippen molar-refractivity contribution < 1.29 is 9.90 Å². The molecule has 0 amide bonds. The van der Waals surface area contributed by atoms with Gasteiger partial charge < -0.3 is 10.4 Å². The zero-order chi connectivity index (χ0) is 13.8. The zero-order valence-corrected chi connectivity index (χ0v) is 11.7. The highest BCUT2D eigenvalue weighted by Gasteiger charge is 2.24. The molecule has 5 nitrogen and oxygen atoms in total. The van der Waals surface area contributed by atoms with Crippen LogP contribution in [0.15, 0.2) is 6.33 Å². The van der Waals surface area contributed by atoms with Gasteiger partial charge in [-0.1, -0.05) is 24.4 Å². The number of Topliss-reactive ketones (excluding diaryl/α,β-unsaturated/α-hetero) is 1. The van der Waals surface area contributed by atoms with Gasteiger partial charge in [0.05, 0.1) is 12.1 Å². The molecule has 104 valence electrons. The van der Waals surface area contributed by atoms with E-state index in [2.05, 4.69) is 15.3 Å². The van der Waals surface area contributed by atoms with Crippen molar-refractivity contribution in [3.8, 4) is 0 Å². The van der Waals surface area contributed by atoms with E-state index in [9.17, 15) is 9.90 Å². The Bertz CT molecular complexity index is 467. The first-order chi connectivity index (χ1) is 9.08. The molecule has 1 saturated carbocycles. The molecule has 1 aromatic rings. The largest absolute Gasteiger partial charge is 0.391 e. The number of nitrogens with one attached hydrogen (secondary N) is 1. The molecule has 1 aliphatic rings. The molecule has 0 saturated heterocycles. The van der Waals surface area contributed by atoms with E-state index in [4.69, 9.17) is 11.6 Å². The van der Waals surface area contributed by atoms with Gasteiger partial charge in [-0.15, -0.1) is 0 Å². The molecule has 2 N–H and O–H groups in total. The summed E-state index contributed by atoms with van der Waals surface area (Å²) in [4.78, 5) is 19.3. The van der Waals surface area contributed by atoms with Gasteiger partial charge in [-0.25, -0.2) is 9.97 Å². The Kier molecular flexibility index (Phi) is 4.71. The monoisotopic (exact) mass is 283 g/mol. The summed E-state index contributed by atoms with van der Waals surface area (Å²) < 4.78 is 0. The highest BCUT2D eigenvalue weighted by atomic mass is 35.5. The summed E-state index contributed by atoms with van der Waals surface area (Å²) in [7, 11) is 0. The van der Waals surface area contributed by atoms with Crippen LogP contribution in [0.2, 0.25) is 5.15 Å². The molecule has 2 atom stereocenters. The second-order valence-electron chi connectivity index (χ2n) is 4.97. The van der Waals surface area contributed by atoms with Gasteiger partial charge in [0.2, 0.25) is 0 Å². The fourth-order valence-corrected chi connectivity index (χ4v) is 2.58. The standard InChI is InChI=1S/C13H18ClN3O2/c1-8(18)6-9-12(14)15-7-16-13(9)17-10-4-2-3-5-11(10)19/h7,10-11,19H,2-6H2,1H3,(H,15,16,17)/t10-,11+/m1/s1. The SMILES string of the molecule is CC(=O)Cc1c(Cl)ncnc1N[C@@H]1CCCC[C@@H]1O. The van der Waals surface area contributed by atoms with Crippen LogP contribution < -0.4 is 5.32 Å². The van der Waals surface area contributed by atoms with Gasteiger partial charge in [-0.05, 0) is 19.8 Å². The van der Waals surface area contributed by atoms with Crippen LogP contribution in [0.4, 0.5) is 5.82 Å². The number of anilines is 1. The van der Waals surface area contributed by atoms with Gasteiger partial charge >= 0.3 is 0 Å². The van der Waals surface area contributed by atoms with Crippen molar-refractivity contribution in [2.75, 3.05) is 5.32 Å². The van der Waals surface area contributed by atoms with E-state index in [1.807, 2.05) is 0 Å². The number of nitrogens with zero attached hydrogens (tertiary/aromatic N) is 2. The smallest absolute Gasteiger partial charge is 0.138 e. The Hall–Kier alpha value is -1.20. The molecule has 2 rings (SSSR count). The van der Waals surface area contributed by atoms with Gasteiger partial charge in [-0.2, -0.15) is 0 Å². The van der Waals surface area contributed by atoms with Crippen molar-refractivity contribution in [1.29, 1.82) is 0 Å². The van der Waals surface area contributed by atoms with Gasteiger partial charge in [0.25, 0.3) is 0 Å². The van der Waals surface area contributed by atoms with Gasteiger partial charge in [0.1, 0.15) is 23.1 Å². The molecule has 0 aliphatic heterocycles. The molecule has 1 aromatic heterocycles. The average molecular weight is 284 g/mol. The van der Waals surface area contributed by atoms with Crippen molar-refractivity contribution in [3.05, 3.63) is 17.0 Å². The summed E-state index contributed by atoms with van der Waals surface area (Å²) in [6, 6.07) is -0.0366. The van der Waals surface area contributed by atoms with Crippen LogP contribution in [0.3, 0.4) is 0 Å². The number of halogens is 1. The van der Waals surface area contributed by atoms with Crippen LogP contribution in [0.1, 0.15) is 38.2 Å². The number of aliphatic hydroxyl groups is 1. The molecule has 19 heavy (non-hydrogen) atoms. The predicted octanol–water partition coefficient (Wildman–Crippen LogP) is 1.98. The third-order valence-corrected chi connectivity index (χ3v) is 3.70. The lowest BCUT2D eigenvalue weighted by Crippen LogP contribution is -2.37. The number of carbonyl (C=O) groups excluding carboxylic acids is 1. The second kappa shape index (κ2) is 6.30. The highest BCUT2D eigenvalue weighted by Crippen LogP contribution is 2.25. The summed E-state index contributed by atoms with van der Waals surface area (Å²) in [5.74, 6) is 0.560. The van der Waals surface area contributed by atoms with E-state index >= 15 is 0 Å². The Morgan fingerprint density at radius 3 is 2.89 bits per heavy atom. The Labute approximate surface area is 117 Å². The molecule has 1 heterocycles. The Morgan fingerprint density at radius 1 is 1.47 bits per heavy atom. The lowest BCUT2D eigenvalue weighted by atomic mass is 9.92. The minimum absolute atomic E-state index is 0.00365. The fraction of sp³-hybridized carbons (Fsp3) is 0.615. The summed E-state index contributed by atoms with van der Waals surface area (Å²) in [6.45, 7) is 1.50. The summed E-state index contributed by atoms with van der Waals surface area (Å²) in [6.07, 6.45) is 4.99. The average Bonchev–Trinajstić information content (AvgIpc) is 2.36. The molecule has 6 heteroatoms. The van der Waals surface area contributed by atoms with Crippen LogP contribution in [-0.4, -0.2) is 33.0 Å². The van der Waals surface area contributed by atoms with Crippen molar-refractivity contribution in [1.82, 2.24) is 9.97 Å². The molecular formula is C13H18ClN3O2. The van der Waals surface area contributed by atoms with E-state index in [0.717, 1.165) is 25.7 Å². The molecule has 1 fully saturated rings. The van der Waals surface area contributed by atoms with Crippen molar-refractivity contribution in [3.63, 3.8) is 0 Å². The van der Waals surface area contributed by atoms with E-state index in [-0.39, 0.29) is 29.5 Å². The number of hydrogen-bond acceptors (Lipinski definition) is 5. The summed E-state index contributed by atoms with van der Waals surface area (Å²) in [5.41, 5.74) is 0.606. The molecule has 0 spiro atoms. The maximum absolute atomic E-state index is 11.3. The Morgan fingerprint density at radius 2 is 2.21 bits per heavy atom. The second-order valence-corrected chi connectivity index (χ2v) is 5.33. The first-order valence-electron chi connectivity index (χ1n) is 6.51. The maximum Gasteiger partial charge on any atom is 0.138 e. The summed E-state index contributed by atoms with van der Waals surface area (Å²) >= 11 is 6.02. The fourth-order valence-electron chi connectivity index (χ4n) is 2.38. The lowest BCUT2D eigenvalue weighted by molar-refractivity contribution is -0.116. The first kappa shape index (κ1) is 14.2. The van der Waals surface area contributed by atoms with Gasteiger partial charge in [0, 0.05) is 12.0 Å². The molecule has 0 bridgehead atoms. The minimum Gasteiger partial charge on any atom is -0.391 e. The molecule has 0 radical (unpaired) electrons. The number of ketones is 1. The van der Waals surface area contributed by atoms with Gasteiger partial charge in [0.15, 0.2) is 0 Å². The first-order valence-corrected chi connectivity index (χ1v) is 6.89. The minimum atomic E-state index is -0.382. The topological polar surface area (TPSA) is 75.1 Å². The summed E-state index contributed by atoms with van der Waals surface area (Å²) in [5, 5.41) is 13.5. The highest BCUT2D eigenvalue weighted by molar-refractivity contribution is 6.30. The number of aliphatic hydroxyl groups excluding tert-OH is 1. The number of aromatic nitrogens is 2. The van der Waals surface area contributed by atoms with Crippen LogP contribution in [0.5, 0.6) is 0 Å². The van der Waals surface area contributed by atoms with Crippen molar-refractivity contribution >= 4 is 23.2 Å². The zero-order valence-electron chi connectivity index (χ0n) is 10.9. The van der Waals surface area contributed by atoms with Crippen LogP contribution >= 0.6 is 11.6 Å². The molecule has 0 unspecified atom stereocenters. The molecule has 1 aliphatic carbocycles. The number of carbonyl (C=O) groups is 1. The third-order valence-electron chi connectivity index (χ3n) is 3.37. The quantitative estimate of drug-likeness (QED) is 0.827. The Balaban J connectivity index is 2.19. The normalized spacial score (nSPS) is 23.1. The third kappa shape index (κ3) is 3.64. The number of hydrogen-bond donors (Lipinski definition) is 2. The van der Waals surface area contributed by atoms with Crippen molar-refractivity contribution in [2.24, 2.45) is 0 Å². The van der Waals surface area contributed by atoms with Crippen molar-refractivity contribution in [2.45, 2.75) is 51.2 Å². The van der Waals surface area contributed by atoms with Crippen LogP contribution in [0, 0.1) is 0 Å². The van der Waals surface area contributed by atoms with E-state index in [1.54, 1.807) is 0 Å². The van der Waals surface area contributed by atoms with E-state index < -0.39 is 0 Å².